The highest BCUT2D eigenvalue weighted by atomic mass is 32.2. The lowest BCUT2D eigenvalue weighted by molar-refractivity contribution is 0.251. The molecule has 160 valence electrons. The molecular formula is C27H25N3OS. The van der Waals surface area contributed by atoms with Gasteiger partial charge in [-0.2, -0.15) is 11.8 Å². The minimum Gasteiger partial charge on any atom is -0.334 e. The van der Waals surface area contributed by atoms with Crippen molar-refractivity contribution in [2.45, 2.75) is 18.1 Å². The summed E-state index contributed by atoms with van der Waals surface area (Å²) in [5.74, 6) is 1.86. The van der Waals surface area contributed by atoms with Crippen LogP contribution in [0.5, 0.6) is 0 Å². The molecule has 0 aliphatic rings. The van der Waals surface area contributed by atoms with Crippen molar-refractivity contribution in [1.29, 1.82) is 0 Å². The zero-order valence-electron chi connectivity index (χ0n) is 17.7. The number of hydrogen-bond donors (Lipinski definition) is 2. The van der Waals surface area contributed by atoms with Crippen LogP contribution in [0, 0.1) is 0 Å². The first-order valence-electron chi connectivity index (χ1n) is 10.5. The van der Waals surface area contributed by atoms with Crippen LogP contribution in [0.4, 0.5) is 10.5 Å². The standard InChI is InChI=1S/C27H25N3OS/c31-27(29-18-22-7-6-16-28-17-22)30-25-14-12-21(13-15-25)19-32-20-24-10-4-5-11-26(24)23-8-2-1-3-9-23/h1-17H,18-20H2,(H2,29,30,31). The van der Waals surface area contributed by atoms with Crippen LogP contribution in [0.2, 0.25) is 0 Å². The number of pyridine rings is 1. The second kappa shape index (κ2) is 11.2. The van der Waals surface area contributed by atoms with Crippen LogP contribution in [0.3, 0.4) is 0 Å². The van der Waals surface area contributed by atoms with Gasteiger partial charge in [-0.3, -0.25) is 4.98 Å². The van der Waals surface area contributed by atoms with Gasteiger partial charge in [0.25, 0.3) is 0 Å². The number of amides is 2. The Balaban J connectivity index is 1.26. The molecule has 5 heteroatoms. The summed E-state index contributed by atoms with van der Waals surface area (Å²) in [6.45, 7) is 0.443. The van der Waals surface area contributed by atoms with Crippen molar-refractivity contribution in [2.24, 2.45) is 0 Å². The van der Waals surface area contributed by atoms with Gasteiger partial charge in [-0.1, -0.05) is 72.8 Å². The van der Waals surface area contributed by atoms with Crippen LogP contribution < -0.4 is 10.6 Å². The molecule has 0 saturated heterocycles. The number of carbonyl (C=O) groups is 1. The van der Waals surface area contributed by atoms with Gasteiger partial charge >= 0.3 is 6.03 Å². The lowest BCUT2D eigenvalue weighted by atomic mass is 10.0. The van der Waals surface area contributed by atoms with E-state index in [2.05, 4.69) is 76.3 Å². The van der Waals surface area contributed by atoms with Gasteiger partial charge in [0.05, 0.1) is 0 Å². The molecule has 4 rings (SSSR count). The molecule has 0 spiro atoms. The molecule has 0 aliphatic heterocycles. The van der Waals surface area contributed by atoms with Crippen molar-refractivity contribution in [2.75, 3.05) is 5.32 Å². The fourth-order valence-electron chi connectivity index (χ4n) is 3.37. The fourth-order valence-corrected chi connectivity index (χ4v) is 4.37. The van der Waals surface area contributed by atoms with E-state index in [0.29, 0.717) is 6.54 Å². The molecule has 0 aliphatic carbocycles. The smallest absolute Gasteiger partial charge is 0.319 e. The van der Waals surface area contributed by atoms with E-state index in [0.717, 1.165) is 22.8 Å². The number of thioether (sulfide) groups is 1. The molecular weight excluding hydrogens is 414 g/mol. The minimum absolute atomic E-state index is 0.228. The predicted octanol–water partition coefficient (Wildman–Crippen LogP) is 6.50. The van der Waals surface area contributed by atoms with E-state index in [1.165, 1.54) is 22.3 Å². The van der Waals surface area contributed by atoms with Gasteiger partial charge < -0.3 is 10.6 Å². The van der Waals surface area contributed by atoms with Crippen molar-refractivity contribution >= 4 is 23.5 Å². The van der Waals surface area contributed by atoms with Crippen LogP contribution in [-0.2, 0) is 18.1 Å². The van der Waals surface area contributed by atoms with E-state index in [1.54, 1.807) is 12.4 Å². The third-order valence-electron chi connectivity index (χ3n) is 5.02. The number of urea groups is 1. The maximum absolute atomic E-state index is 12.1. The van der Waals surface area contributed by atoms with E-state index in [4.69, 9.17) is 0 Å². The first-order chi connectivity index (χ1) is 15.8. The second-order valence-electron chi connectivity index (χ2n) is 7.38. The van der Waals surface area contributed by atoms with Gasteiger partial charge in [-0.05, 0) is 46.0 Å². The molecule has 2 amide bonds. The Kier molecular flexibility index (Phi) is 7.55. The number of nitrogens with one attached hydrogen (secondary N) is 2. The highest BCUT2D eigenvalue weighted by Gasteiger charge is 2.05. The van der Waals surface area contributed by atoms with Gasteiger partial charge in [-0.25, -0.2) is 4.79 Å². The summed E-state index contributed by atoms with van der Waals surface area (Å²) in [4.78, 5) is 16.1. The maximum atomic E-state index is 12.1. The molecule has 0 unspecified atom stereocenters. The SMILES string of the molecule is O=C(NCc1cccnc1)Nc1ccc(CSCc2ccccc2-c2ccccc2)cc1. The normalized spacial score (nSPS) is 10.5. The van der Waals surface area contributed by atoms with Crippen molar-refractivity contribution in [3.8, 4) is 11.1 Å². The van der Waals surface area contributed by atoms with E-state index >= 15 is 0 Å². The van der Waals surface area contributed by atoms with Crippen LogP contribution >= 0.6 is 11.8 Å². The highest BCUT2D eigenvalue weighted by molar-refractivity contribution is 7.97. The Labute approximate surface area is 193 Å². The fraction of sp³-hybridized carbons (Fsp3) is 0.111. The maximum Gasteiger partial charge on any atom is 0.319 e. The number of rotatable bonds is 8. The third kappa shape index (κ3) is 6.22. The largest absolute Gasteiger partial charge is 0.334 e. The van der Waals surface area contributed by atoms with Gasteiger partial charge in [-0.15, -0.1) is 0 Å². The Morgan fingerprint density at radius 1 is 0.781 bits per heavy atom. The summed E-state index contributed by atoms with van der Waals surface area (Å²) in [6, 6.07) is 30.7. The molecule has 0 radical (unpaired) electrons. The molecule has 2 N–H and O–H groups in total. The van der Waals surface area contributed by atoms with Crippen molar-refractivity contribution in [3.63, 3.8) is 0 Å². The number of carbonyl (C=O) groups excluding carboxylic acids is 1. The van der Waals surface area contributed by atoms with Crippen LogP contribution in [0.15, 0.2) is 103 Å². The molecule has 4 aromatic rings. The zero-order chi connectivity index (χ0) is 22.0. The number of anilines is 1. The summed E-state index contributed by atoms with van der Waals surface area (Å²) in [6.07, 6.45) is 3.45. The van der Waals surface area contributed by atoms with Crippen molar-refractivity contribution in [3.05, 3.63) is 120 Å². The summed E-state index contributed by atoms with van der Waals surface area (Å²) in [5.41, 5.74) is 6.85. The number of hydrogen-bond acceptors (Lipinski definition) is 3. The Morgan fingerprint density at radius 3 is 2.34 bits per heavy atom. The second-order valence-corrected chi connectivity index (χ2v) is 8.37. The zero-order valence-corrected chi connectivity index (χ0v) is 18.5. The summed E-state index contributed by atoms with van der Waals surface area (Å²) in [5, 5.41) is 5.71. The highest BCUT2D eigenvalue weighted by Crippen LogP contribution is 2.28. The topological polar surface area (TPSA) is 54.0 Å². The summed E-state index contributed by atoms with van der Waals surface area (Å²) < 4.78 is 0. The number of aromatic nitrogens is 1. The van der Waals surface area contributed by atoms with E-state index in [1.807, 2.05) is 42.1 Å². The summed E-state index contributed by atoms with van der Waals surface area (Å²) in [7, 11) is 0. The van der Waals surface area contributed by atoms with E-state index < -0.39 is 0 Å². The van der Waals surface area contributed by atoms with E-state index in [-0.39, 0.29) is 6.03 Å². The first-order valence-corrected chi connectivity index (χ1v) is 11.7. The number of nitrogens with zero attached hydrogens (tertiary/aromatic N) is 1. The minimum atomic E-state index is -0.228. The number of benzene rings is 3. The van der Waals surface area contributed by atoms with Gasteiger partial charge in [0.2, 0.25) is 0 Å². The molecule has 0 fully saturated rings. The molecule has 0 bridgehead atoms. The predicted molar refractivity (Wildman–Crippen MR) is 133 cm³/mol. The molecule has 3 aromatic carbocycles. The third-order valence-corrected chi connectivity index (χ3v) is 6.07. The Morgan fingerprint density at radius 2 is 1.56 bits per heavy atom. The monoisotopic (exact) mass is 439 g/mol. The lowest BCUT2D eigenvalue weighted by Gasteiger charge is -2.10. The molecule has 32 heavy (non-hydrogen) atoms. The van der Waals surface area contributed by atoms with Crippen LogP contribution in [0.1, 0.15) is 16.7 Å². The quantitative estimate of drug-likeness (QED) is 0.329. The van der Waals surface area contributed by atoms with Gasteiger partial charge in [0.1, 0.15) is 0 Å². The van der Waals surface area contributed by atoms with Crippen LogP contribution in [-0.4, -0.2) is 11.0 Å². The van der Waals surface area contributed by atoms with Crippen LogP contribution in [0.25, 0.3) is 11.1 Å². The summed E-state index contributed by atoms with van der Waals surface area (Å²) >= 11 is 1.89. The molecule has 0 atom stereocenters. The van der Waals surface area contributed by atoms with E-state index in [9.17, 15) is 4.79 Å². The van der Waals surface area contributed by atoms with Crippen molar-refractivity contribution < 1.29 is 4.79 Å². The average Bonchev–Trinajstić information content (AvgIpc) is 2.85. The van der Waals surface area contributed by atoms with Gasteiger partial charge in [0.15, 0.2) is 0 Å². The molecule has 1 aromatic heterocycles. The average molecular weight is 440 g/mol. The Bertz CT molecular complexity index is 1130. The van der Waals surface area contributed by atoms with Crippen molar-refractivity contribution in [1.82, 2.24) is 10.3 Å². The lowest BCUT2D eigenvalue weighted by Crippen LogP contribution is -2.28. The molecule has 1 heterocycles. The first kappa shape index (κ1) is 21.7. The molecule has 0 saturated carbocycles. The Hall–Kier alpha value is -3.57. The molecule has 4 nitrogen and oxygen atoms in total. The van der Waals surface area contributed by atoms with Gasteiger partial charge in [0, 0.05) is 36.1 Å².